The first-order chi connectivity index (χ1) is 25.7. The van der Waals surface area contributed by atoms with Crippen molar-refractivity contribution in [1.29, 1.82) is 10.5 Å². The highest BCUT2D eigenvalue weighted by atomic mass is 35.5. The molecule has 1 saturated heterocycles. The van der Waals surface area contributed by atoms with Gasteiger partial charge >= 0.3 is 5.97 Å². The molecule has 0 saturated carbocycles. The van der Waals surface area contributed by atoms with Crippen LogP contribution in [0.3, 0.4) is 0 Å². The first-order valence-corrected chi connectivity index (χ1v) is 19.6. The average molecular weight is 773 g/mol. The quantitative estimate of drug-likeness (QED) is 0.0641. The third-order valence-electron chi connectivity index (χ3n) is 8.53. The number of nitrogens with one attached hydrogen (secondary N) is 1. The van der Waals surface area contributed by atoms with Gasteiger partial charge in [-0.15, -0.1) is 11.3 Å². The number of unbranched alkanes of at least 4 members (excludes halogenated alkanes) is 1. The minimum atomic E-state index is -0.867. The van der Waals surface area contributed by atoms with E-state index in [1.54, 1.807) is 24.3 Å². The minimum absolute atomic E-state index is 0.0369. The lowest BCUT2D eigenvalue weighted by molar-refractivity contribution is -0.148. The van der Waals surface area contributed by atoms with Crippen molar-refractivity contribution in [1.82, 2.24) is 15.3 Å². The smallest absolute Gasteiger partial charge is 0.328 e. The third-order valence-corrected chi connectivity index (χ3v) is 10.7. The van der Waals surface area contributed by atoms with Crippen LogP contribution in [0, 0.1) is 22.7 Å². The van der Waals surface area contributed by atoms with Crippen molar-refractivity contribution in [3.8, 4) is 39.6 Å². The standard InChI is InChI=1S/C38H41ClN8O4S2/c1-24(44-35(48)32(43)6-2-3-15-40)38(49)51-19-18-50-29-13-9-25(10-14-29)33-30(20-41)34(47-16-4-5-17-47)46-37(31(33)21-42)53-23-28-22-52-36(45-28)26-7-11-27(39)12-8-26/h7-14,22,24,32H,2-6,15-19,23,40,43H2,1H3,(H,44,48). The number of carbonyl (C=O) groups is 2. The van der Waals surface area contributed by atoms with Crippen LogP contribution in [-0.4, -0.2) is 66.8 Å². The SMILES string of the molecule is CC(NC(=O)C(N)CCCCN)C(=O)OCCOc1ccc(-c2c(C#N)c(SCc3csc(-c4ccc(Cl)cc4)n3)nc(N3CCCC3)c2C#N)cc1. The molecule has 2 atom stereocenters. The third kappa shape index (κ3) is 10.5. The number of thiazole rings is 1. The summed E-state index contributed by atoms with van der Waals surface area (Å²) in [6.07, 6.45) is 3.97. The van der Waals surface area contributed by atoms with Crippen molar-refractivity contribution < 1.29 is 19.1 Å². The molecule has 1 aliphatic heterocycles. The van der Waals surface area contributed by atoms with Gasteiger partial charge in [0.15, 0.2) is 0 Å². The molecule has 0 spiro atoms. The Kier molecular flexibility index (Phi) is 14.5. The Morgan fingerprint density at radius 2 is 1.72 bits per heavy atom. The number of rotatable bonds is 17. The number of nitrogens with two attached hydrogens (primary N) is 2. The number of thioether (sulfide) groups is 1. The summed E-state index contributed by atoms with van der Waals surface area (Å²) < 4.78 is 11.1. The Balaban J connectivity index is 1.26. The summed E-state index contributed by atoms with van der Waals surface area (Å²) in [5.74, 6) is 0.550. The van der Waals surface area contributed by atoms with E-state index in [9.17, 15) is 20.1 Å². The Hall–Kier alpha value is -4.70. The van der Waals surface area contributed by atoms with Gasteiger partial charge in [0.25, 0.3) is 0 Å². The summed E-state index contributed by atoms with van der Waals surface area (Å²) in [6, 6.07) is 17.7. The zero-order chi connectivity index (χ0) is 37.7. The average Bonchev–Trinajstić information content (AvgIpc) is 3.89. The zero-order valence-electron chi connectivity index (χ0n) is 29.3. The lowest BCUT2D eigenvalue weighted by atomic mass is 9.96. The van der Waals surface area contributed by atoms with Crippen molar-refractivity contribution in [3.63, 3.8) is 0 Å². The number of pyridine rings is 1. The molecule has 5 N–H and O–H groups in total. The molecular formula is C38H41ClN8O4S2. The van der Waals surface area contributed by atoms with Crippen LogP contribution in [0.1, 0.15) is 55.8 Å². The van der Waals surface area contributed by atoms with Crippen molar-refractivity contribution >= 4 is 52.4 Å². The van der Waals surface area contributed by atoms with Crippen LogP contribution in [0.15, 0.2) is 58.9 Å². The Morgan fingerprint density at radius 1 is 1.02 bits per heavy atom. The fourth-order valence-electron chi connectivity index (χ4n) is 5.72. The number of nitrogens with zero attached hydrogens (tertiary/aromatic N) is 5. The molecule has 15 heteroatoms. The lowest BCUT2D eigenvalue weighted by Gasteiger charge is -2.22. The lowest BCUT2D eigenvalue weighted by Crippen LogP contribution is -2.47. The highest BCUT2D eigenvalue weighted by molar-refractivity contribution is 7.98. The predicted molar refractivity (Wildman–Crippen MR) is 208 cm³/mol. The van der Waals surface area contributed by atoms with Crippen LogP contribution in [0.25, 0.3) is 21.7 Å². The van der Waals surface area contributed by atoms with Gasteiger partial charge in [-0.1, -0.05) is 54.0 Å². The van der Waals surface area contributed by atoms with Crippen LogP contribution < -0.4 is 26.4 Å². The summed E-state index contributed by atoms with van der Waals surface area (Å²) >= 11 is 9.01. The number of esters is 1. The maximum absolute atomic E-state index is 12.4. The van der Waals surface area contributed by atoms with E-state index < -0.39 is 24.0 Å². The Labute approximate surface area is 322 Å². The highest BCUT2D eigenvalue weighted by Crippen LogP contribution is 2.40. The number of anilines is 1. The maximum Gasteiger partial charge on any atom is 0.328 e. The first kappa shape index (κ1) is 39.5. The molecule has 0 bridgehead atoms. The second-order valence-corrected chi connectivity index (χ2v) is 14.6. The van der Waals surface area contributed by atoms with E-state index in [-0.39, 0.29) is 13.2 Å². The molecule has 4 aromatic rings. The zero-order valence-corrected chi connectivity index (χ0v) is 31.7. The number of carbonyl (C=O) groups excluding carboxylic acids is 2. The monoisotopic (exact) mass is 772 g/mol. The molecule has 1 amide bonds. The van der Waals surface area contributed by atoms with Gasteiger partial charge in [0.1, 0.15) is 58.6 Å². The summed E-state index contributed by atoms with van der Waals surface area (Å²) in [6.45, 7) is 3.65. The van der Waals surface area contributed by atoms with Crippen LogP contribution in [0.2, 0.25) is 5.02 Å². The molecule has 2 aromatic heterocycles. The van der Waals surface area contributed by atoms with Gasteiger partial charge in [-0.25, -0.2) is 14.8 Å². The van der Waals surface area contributed by atoms with Gasteiger partial charge in [0.2, 0.25) is 5.91 Å². The second-order valence-electron chi connectivity index (χ2n) is 12.4. The van der Waals surface area contributed by atoms with Gasteiger partial charge < -0.3 is 31.2 Å². The van der Waals surface area contributed by atoms with Crippen LogP contribution in [0.4, 0.5) is 5.82 Å². The summed E-state index contributed by atoms with van der Waals surface area (Å²) in [4.78, 5) is 36.5. The van der Waals surface area contributed by atoms with E-state index in [2.05, 4.69) is 22.4 Å². The molecule has 5 rings (SSSR count). The Morgan fingerprint density at radius 3 is 2.40 bits per heavy atom. The first-order valence-electron chi connectivity index (χ1n) is 17.3. The summed E-state index contributed by atoms with van der Waals surface area (Å²) in [5.41, 5.74) is 15.1. The molecule has 2 aromatic carbocycles. The highest BCUT2D eigenvalue weighted by Gasteiger charge is 2.27. The van der Waals surface area contributed by atoms with Crippen LogP contribution in [0.5, 0.6) is 5.75 Å². The largest absolute Gasteiger partial charge is 0.490 e. The van der Waals surface area contributed by atoms with E-state index in [0.717, 1.165) is 55.0 Å². The molecule has 1 aliphatic rings. The molecule has 12 nitrogen and oxygen atoms in total. The number of halogens is 1. The predicted octanol–water partition coefficient (Wildman–Crippen LogP) is 6.04. The van der Waals surface area contributed by atoms with Crippen LogP contribution in [-0.2, 0) is 20.1 Å². The topological polar surface area (TPSA) is 193 Å². The molecule has 0 radical (unpaired) electrons. The molecule has 276 valence electrons. The maximum atomic E-state index is 12.4. The van der Waals surface area contributed by atoms with Crippen molar-refractivity contribution in [2.45, 2.75) is 61.9 Å². The van der Waals surface area contributed by atoms with E-state index >= 15 is 0 Å². The van der Waals surface area contributed by atoms with Crippen LogP contribution >= 0.6 is 34.7 Å². The number of hydrogen-bond donors (Lipinski definition) is 3. The molecule has 3 heterocycles. The number of nitriles is 2. The molecule has 1 fully saturated rings. The fraction of sp³-hybridized carbons (Fsp3) is 0.368. The van der Waals surface area contributed by atoms with Crippen molar-refractivity contribution in [3.05, 3.63) is 75.8 Å². The van der Waals surface area contributed by atoms with Gasteiger partial charge in [-0.2, -0.15) is 10.5 Å². The molecule has 0 aliphatic carbocycles. The van der Waals surface area contributed by atoms with Gasteiger partial charge in [-0.3, -0.25) is 4.79 Å². The van der Waals surface area contributed by atoms with E-state index in [1.807, 2.05) is 29.6 Å². The number of benzene rings is 2. The number of amides is 1. The van der Waals surface area contributed by atoms with E-state index in [4.69, 9.17) is 42.5 Å². The van der Waals surface area contributed by atoms with E-state index in [1.165, 1.54) is 30.0 Å². The second kappa shape index (κ2) is 19.4. The number of ether oxygens (including phenoxy) is 2. The molecular weight excluding hydrogens is 732 g/mol. The summed E-state index contributed by atoms with van der Waals surface area (Å²) in [5, 5.41) is 27.5. The number of aromatic nitrogens is 2. The van der Waals surface area contributed by atoms with Gasteiger partial charge in [-0.05, 0) is 69.0 Å². The van der Waals surface area contributed by atoms with Gasteiger partial charge in [0.05, 0.1) is 17.3 Å². The normalized spacial score (nSPS) is 13.5. The van der Waals surface area contributed by atoms with E-state index in [0.29, 0.717) is 62.6 Å². The summed E-state index contributed by atoms with van der Waals surface area (Å²) in [7, 11) is 0. The van der Waals surface area contributed by atoms with Crippen molar-refractivity contribution in [2.24, 2.45) is 11.5 Å². The number of hydrogen-bond acceptors (Lipinski definition) is 13. The Bertz CT molecular complexity index is 1950. The molecule has 2 unspecified atom stereocenters. The fourth-order valence-corrected chi connectivity index (χ4v) is 7.65. The molecule has 53 heavy (non-hydrogen) atoms. The van der Waals surface area contributed by atoms with Crippen molar-refractivity contribution in [2.75, 3.05) is 37.7 Å². The van der Waals surface area contributed by atoms with Gasteiger partial charge in [0, 0.05) is 40.4 Å². The minimum Gasteiger partial charge on any atom is -0.490 e.